The predicted molar refractivity (Wildman–Crippen MR) is 61.9 cm³/mol. The lowest BCUT2D eigenvalue weighted by molar-refractivity contribution is -0.119. The number of rotatable bonds is 1. The molecular weight excluding hydrogens is 202 g/mol. The summed E-state index contributed by atoms with van der Waals surface area (Å²) in [6.45, 7) is 0.737. The van der Waals surface area contributed by atoms with Crippen LogP contribution < -0.4 is 11.1 Å². The van der Waals surface area contributed by atoms with Gasteiger partial charge in [0.2, 0.25) is 5.91 Å². The molecule has 4 heteroatoms. The van der Waals surface area contributed by atoms with Crippen molar-refractivity contribution in [1.82, 2.24) is 5.32 Å². The van der Waals surface area contributed by atoms with E-state index in [1.54, 1.807) is 0 Å². The SMILES string of the molecule is NC(=O)C1CC2(C=Nc3ccccc32)CN1. The van der Waals surface area contributed by atoms with Crippen LogP contribution in [0.15, 0.2) is 29.3 Å². The summed E-state index contributed by atoms with van der Waals surface area (Å²) in [5.74, 6) is -0.283. The van der Waals surface area contributed by atoms with E-state index in [0.717, 1.165) is 12.2 Å². The van der Waals surface area contributed by atoms with Gasteiger partial charge in [-0.05, 0) is 18.1 Å². The number of primary amides is 1. The summed E-state index contributed by atoms with van der Waals surface area (Å²) in [7, 11) is 0. The van der Waals surface area contributed by atoms with Gasteiger partial charge >= 0.3 is 0 Å². The van der Waals surface area contributed by atoms with Gasteiger partial charge in [-0.15, -0.1) is 0 Å². The van der Waals surface area contributed by atoms with Crippen LogP contribution in [0.25, 0.3) is 0 Å². The zero-order valence-electron chi connectivity index (χ0n) is 8.81. The van der Waals surface area contributed by atoms with Gasteiger partial charge in [-0.1, -0.05) is 18.2 Å². The van der Waals surface area contributed by atoms with Crippen LogP contribution in [0.2, 0.25) is 0 Å². The van der Waals surface area contributed by atoms with E-state index >= 15 is 0 Å². The third kappa shape index (κ3) is 1.20. The molecular formula is C12H13N3O. The lowest BCUT2D eigenvalue weighted by atomic mass is 9.80. The van der Waals surface area contributed by atoms with Crippen molar-refractivity contribution in [2.45, 2.75) is 17.9 Å². The molecule has 1 spiro atoms. The lowest BCUT2D eigenvalue weighted by Gasteiger charge is -2.20. The zero-order valence-corrected chi connectivity index (χ0v) is 8.81. The maximum Gasteiger partial charge on any atom is 0.234 e. The van der Waals surface area contributed by atoms with E-state index in [0.29, 0.717) is 6.42 Å². The van der Waals surface area contributed by atoms with Crippen LogP contribution in [-0.4, -0.2) is 24.7 Å². The monoisotopic (exact) mass is 215 g/mol. The van der Waals surface area contributed by atoms with Crippen LogP contribution >= 0.6 is 0 Å². The highest BCUT2D eigenvalue weighted by atomic mass is 16.1. The van der Waals surface area contributed by atoms with Crippen LogP contribution in [-0.2, 0) is 10.2 Å². The Balaban J connectivity index is 1.99. The number of nitrogens with two attached hydrogens (primary N) is 1. The first-order valence-electron chi connectivity index (χ1n) is 5.39. The first-order chi connectivity index (χ1) is 7.71. The van der Waals surface area contributed by atoms with E-state index in [9.17, 15) is 4.79 Å². The predicted octanol–water partition coefficient (Wildman–Crippen LogP) is 0.487. The minimum absolute atomic E-state index is 0.129. The second-order valence-corrected chi connectivity index (χ2v) is 4.47. The van der Waals surface area contributed by atoms with Crippen molar-refractivity contribution < 1.29 is 4.79 Å². The van der Waals surface area contributed by atoms with Gasteiger partial charge < -0.3 is 11.1 Å². The van der Waals surface area contributed by atoms with Gasteiger partial charge in [0.25, 0.3) is 0 Å². The fourth-order valence-electron chi connectivity index (χ4n) is 2.59. The number of hydrogen-bond acceptors (Lipinski definition) is 3. The summed E-state index contributed by atoms with van der Waals surface area (Å²) >= 11 is 0. The normalized spacial score (nSPS) is 30.9. The van der Waals surface area contributed by atoms with Crippen molar-refractivity contribution in [2.75, 3.05) is 6.54 Å². The van der Waals surface area contributed by atoms with E-state index in [1.165, 1.54) is 5.56 Å². The standard InChI is InChI=1S/C12H13N3O/c13-11(16)10-5-12(7-15-10)6-14-9-4-2-1-3-8(9)12/h1-4,6,10,15H,5,7H2,(H2,13,16). The molecule has 1 aromatic carbocycles. The molecule has 2 unspecified atom stereocenters. The molecule has 1 fully saturated rings. The molecule has 0 bridgehead atoms. The van der Waals surface area contributed by atoms with Crippen LogP contribution in [0.4, 0.5) is 5.69 Å². The summed E-state index contributed by atoms with van der Waals surface area (Å²) < 4.78 is 0. The number of carbonyl (C=O) groups excluding carboxylic acids is 1. The van der Waals surface area contributed by atoms with Crippen LogP contribution in [0, 0.1) is 0 Å². The van der Waals surface area contributed by atoms with Gasteiger partial charge in [0, 0.05) is 18.2 Å². The van der Waals surface area contributed by atoms with Gasteiger partial charge in [0.15, 0.2) is 0 Å². The second-order valence-electron chi connectivity index (χ2n) is 4.47. The number of aliphatic imine (C=N–C) groups is 1. The Morgan fingerprint density at radius 2 is 2.31 bits per heavy atom. The molecule has 2 aliphatic heterocycles. The van der Waals surface area contributed by atoms with E-state index in [2.05, 4.69) is 16.4 Å². The van der Waals surface area contributed by atoms with Crippen molar-refractivity contribution >= 4 is 17.8 Å². The zero-order chi connectivity index (χ0) is 11.2. The van der Waals surface area contributed by atoms with Crippen molar-refractivity contribution in [3.05, 3.63) is 29.8 Å². The number of amides is 1. The topological polar surface area (TPSA) is 67.5 Å². The van der Waals surface area contributed by atoms with Gasteiger partial charge in [0.1, 0.15) is 0 Å². The van der Waals surface area contributed by atoms with E-state index in [1.807, 2.05) is 24.4 Å². The Morgan fingerprint density at radius 1 is 1.50 bits per heavy atom. The fraction of sp³-hybridized carbons (Fsp3) is 0.333. The molecule has 1 saturated heterocycles. The quantitative estimate of drug-likeness (QED) is 0.715. The molecule has 2 atom stereocenters. The molecule has 0 aliphatic carbocycles. The number of carbonyl (C=O) groups is 1. The first-order valence-corrected chi connectivity index (χ1v) is 5.39. The summed E-state index contributed by atoms with van der Waals surface area (Å²) in [5, 5.41) is 3.16. The maximum absolute atomic E-state index is 11.2. The van der Waals surface area contributed by atoms with E-state index in [4.69, 9.17) is 5.73 Å². The van der Waals surface area contributed by atoms with Gasteiger partial charge in [-0.3, -0.25) is 9.79 Å². The number of hydrogen-bond donors (Lipinski definition) is 2. The minimum atomic E-state index is -0.283. The third-order valence-electron chi connectivity index (χ3n) is 3.47. The highest BCUT2D eigenvalue weighted by Gasteiger charge is 2.44. The average Bonchev–Trinajstić information content (AvgIpc) is 2.87. The highest BCUT2D eigenvalue weighted by Crippen LogP contribution is 2.41. The molecule has 16 heavy (non-hydrogen) atoms. The van der Waals surface area contributed by atoms with Crippen LogP contribution in [0.5, 0.6) is 0 Å². The van der Waals surface area contributed by atoms with Crippen molar-refractivity contribution in [3.8, 4) is 0 Å². The molecule has 0 radical (unpaired) electrons. The molecule has 0 saturated carbocycles. The first kappa shape index (κ1) is 9.54. The van der Waals surface area contributed by atoms with Crippen molar-refractivity contribution in [1.29, 1.82) is 0 Å². The molecule has 3 N–H and O–H groups in total. The number of nitrogens with zero attached hydrogens (tertiary/aromatic N) is 1. The molecule has 82 valence electrons. The van der Waals surface area contributed by atoms with Crippen LogP contribution in [0.3, 0.4) is 0 Å². The molecule has 1 aromatic rings. The third-order valence-corrected chi connectivity index (χ3v) is 3.47. The van der Waals surface area contributed by atoms with E-state index in [-0.39, 0.29) is 17.4 Å². The maximum atomic E-state index is 11.2. The Bertz CT molecular complexity index is 483. The lowest BCUT2D eigenvalue weighted by Crippen LogP contribution is -2.36. The Kier molecular flexibility index (Phi) is 1.88. The van der Waals surface area contributed by atoms with Crippen molar-refractivity contribution in [2.24, 2.45) is 10.7 Å². The minimum Gasteiger partial charge on any atom is -0.368 e. The second kappa shape index (κ2) is 3.15. The Hall–Kier alpha value is -1.68. The molecule has 4 nitrogen and oxygen atoms in total. The summed E-state index contributed by atoms with van der Waals surface area (Å²) in [6, 6.07) is 7.82. The summed E-state index contributed by atoms with van der Waals surface area (Å²) in [6.07, 6.45) is 2.66. The Labute approximate surface area is 93.6 Å². The smallest absolute Gasteiger partial charge is 0.234 e. The van der Waals surface area contributed by atoms with Gasteiger partial charge in [0.05, 0.1) is 11.7 Å². The van der Waals surface area contributed by atoms with Gasteiger partial charge in [-0.2, -0.15) is 0 Å². The number of fused-ring (bicyclic) bond motifs is 2. The molecule has 1 amide bonds. The van der Waals surface area contributed by atoms with E-state index < -0.39 is 0 Å². The fourth-order valence-corrected chi connectivity index (χ4v) is 2.59. The van der Waals surface area contributed by atoms with Crippen LogP contribution in [0.1, 0.15) is 12.0 Å². The summed E-state index contributed by atoms with van der Waals surface area (Å²) in [4.78, 5) is 15.6. The van der Waals surface area contributed by atoms with Crippen molar-refractivity contribution in [3.63, 3.8) is 0 Å². The Morgan fingerprint density at radius 3 is 3.06 bits per heavy atom. The number of nitrogens with one attached hydrogen (secondary N) is 1. The average molecular weight is 215 g/mol. The number of benzene rings is 1. The molecule has 0 aromatic heterocycles. The molecule has 3 rings (SSSR count). The molecule has 2 aliphatic rings. The highest BCUT2D eigenvalue weighted by molar-refractivity contribution is 5.89. The largest absolute Gasteiger partial charge is 0.368 e. The summed E-state index contributed by atoms with van der Waals surface area (Å²) in [5.41, 5.74) is 7.40. The number of para-hydroxylation sites is 1. The molecule has 2 heterocycles. The van der Waals surface area contributed by atoms with Gasteiger partial charge in [-0.25, -0.2) is 0 Å².